The van der Waals surface area contributed by atoms with E-state index in [9.17, 15) is 4.39 Å². The van der Waals surface area contributed by atoms with E-state index >= 15 is 0 Å². The van der Waals surface area contributed by atoms with Crippen molar-refractivity contribution < 1.29 is 4.39 Å². The van der Waals surface area contributed by atoms with Gasteiger partial charge in [0.2, 0.25) is 0 Å². The van der Waals surface area contributed by atoms with Crippen LogP contribution in [0, 0.1) is 12.7 Å². The van der Waals surface area contributed by atoms with E-state index in [-0.39, 0.29) is 5.82 Å². The lowest BCUT2D eigenvalue weighted by atomic mass is 10.2. The standard InChI is InChI=1S/C17H17FN4S/c1-12-10-15-16(19-11-20-17(15)23-12)22-8-6-21(7-9-22)14-4-2-13(18)3-5-14/h2-5,10-11H,6-9H2,1H3. The Bertz CT molecular complexity index is 822. The summed E-state index contributed by atoms with van der Waals surface area (Å²) in [6.45, 7) is 5.71. The fourth-order valence-electron chi connectivity index (χ4n) is 3.04. The highest BCUT2D eigenvalue weighted by Gasteiger charge is 2.20. The molecule has 23 heavy (non-hydrogen) atoms. The number of benzene rings is 1. The van der Waals surface area contributed by atoms with Crippen molar-refractivity contribution in [3.8, 4) is 0 Å². The summed E-state index contributed by atoms with van der Waals surface area (Å²) in [5.41, 5.74) is 1.07. The molecule has 4 nitrogen and oxygen atoms in total. The average Bonchev–Trinajstić information content (AvgIpc) is 2.96. The fourth-order valence-corrected chi connectivity index (χ4v) is 3.89. The predicted molar refractivity (Wildman–Crippen MR) is 93.0 cm³/mol. The molecule has 0 radical (unpaired) electrons. The number of nitrogens with zero attached hydrogens (tertiary/aromatic N) is 4. The van der Waals surface area contributed by atoms with Gasteiger partial charge in [-0.1, -0.05) is 0 Å². The number of hydrogen-bond acceptors (Lipinski definition) is 5. The molecule has 1 aliphatic rings. The van der Waals surface area contributed by atoms with Crippen LogP contribution in [-0.2, 0) is 0 Å². The Morgan fingerprint density at radius 2 is 1.70 bits per heavy atom. The highest BCUT2D eigenvalue weighted by Crippen LogP contribution is 2.30. The first-order chi connectivity index (χ1) is 11.2. The third-order valence-electron chi connectivity index (χ3n) is 4.20. The van der Waals surface area contributed by atoms with Crippen molar-refractivity contribution in [2.75, 3.05) is 36.0 Å². The summed E-state index contributed by atoms with van der Waals surface area (Å²) in [4.78, 5) is 15.8. The molecule has 0 amide bonds. The number of thiophene rings is 1. The molecule has 1 aliphatic heterocycles. The molecule has 3 aromatic rings. The molecular formula is C17H17FN4S. The van der Waals surface area contributed by atoms with Crippen LogP contribution in [0.4, 0.5) is 15.9 Å². The summed E-state index contributed by atoms with van der Waals surface area (Å²) in [5, 5.41) is 1.14. The van der Waals surface area contributed by atoms with Gasteiger partial charge in [-0.15, -0.1) is 11.3 Å². The smallest absolute Gasteiger partial charge is 0.140 e. The second-order valence-corrected chi connectivity index (χ2v) is 6.96. The lowest BCUT2D eigenvalue weighted by Crippen LogP contribution is -2.46. The van der Waals surface area contributed by atoms with Gasteiger partial charge >= 0.3 is 0 Å². The summed E-state index contributed by atoms with van der Waals surface area (Å²) in [6.07, 6.45) is 1.65. The maximum absolute atomic E-state index is 13.0. The third-order valence-corrected chi connectivity index (χ3v) is 5.16. The highest BCUT2D eigenvalue weighted by molar-refractivity contribution is 7.18. The van der Waals surface area contributed by atoms with Crippen LogP contribution in [0.2, 0.25) is 0 Å². The molecule has 0 aliphatic carbocycles. The molecule has 6 heteroatoms. The Hall–Kier alpha value is -2.21. The third kappa shape index (κ3) is 2.74. The molecule has 1 aromatic carbocycles. The first kappa shape index (κ1) is 14.4. The highest BCUT2D eigenvalue weighted by atomic mass is 32.1. The minimum absolute atomic E-state index is 0.191. The Morgan fingerprint density at radius 3 is 2.43 bits per heavy atom. The van der Waals surface area contributed by atoms with Gasteiger partial charge in [-0.05, 0) is 37.3 Å². The number of rotatable bonds is 2. The van der Waals surface area contributed by atoms with E-state index < -0.39 is 0 Å². The second kappa shape index (κ2) is 5.77. The van der Waals surface area contributed by atoms with Crippen LogP contribution >= 0.6 is 11.3 Å². The molecule has 2 aromatic heterocycles. The molecule has 118 valence electrons. The molecule has 0 atom stereocenters. The normalized spacial score (nSPS) is 15.4. The zero-order valence-corrected chi connectivity index (χ0v) is 13.7. The van der Waals surface area contributed by atoms with Crippen molar-refractivity contribution in [3.63, 3.8) is 0 Å². The number of fused-ring (bicyclic) bond motifs is 1. The predicted octanol–water partition coefficient (Wildman–Crippen LogP) is 3.47. The summed E-state index contributed by atoms with van der Waals surface area (Å²) in [6, 6.07) is 8.89. The van der Waals surface area contributed by atoms with Gasteiger partial charge in [0, 0.05) is 36.7 Å². The van der Waals surface area contributed by atoms with Gasteiger partial charge in [0.1, 0.15) is 22.8 Å². The van der Waals surface area contributed by atoms with Crippen molar-refractivity contribution in [2.45, 2.75) is 6.92 Å². The van der Waals surface area contributed by atoms with Crippen LogP contribution in [0.15, 0.2) is 36.7 Å². The maximum Gasteiger partial charge on any atom is 0.140 e. The monoisotopic (exact) mass is 328 g/mol. The van der Waals surface area contributed by atoms with Crippen molar-refractivity contribution in [3.05, 3.63) is 47.4 Å². The van der Waals surface area contributed by atoms with Gasteiger partial charge < -0.3 is 9.80 Å². The zero-order valence-electron chi connectivity index (χ0n) is 12.9. The quantitative estimate of drug-likeness (QED) is 0.721. The van der Waals surface area contributed by atoms with Crippen molar-refractivity contribution in [1.29, 1.82) is 0 Å². The SMILES string of the molecule is Cc1cc2c(N3CCN(c4ccc(F)cc4)CC3)ncnc2s1. The largest absolute Gasteiger partial charge is 0.368 e. The number of aryl methyl sites for hydroxylation is 1. The van der Waals surface area contributed by atoms with E-state index in [1.54, 1.807) is 17.7 Å². The summed E-state index contributed by atoms with van der Waals surface area (Å²) in [7, 11) is 0. The second-order valence-electron chi connectivity index (χ2n) is 5.72. The van der Waals surface area contributed by atoms with Crippen molar-refractivity contribution in [1.82, 2.24) is 9.97 Å². The maximum atomic E-state index is 13.0. The van der Waals surface area contributed by atoms with Crippen LogP contribution in [-0.4, -0.2) is 36.1 Å². The topological polar surface area (TPSA) is 32.3 Å². The van der Waals surface area contributed by atoms with Crippen LogP contribution in [0.25, 0.3) is 10.2 Å². The van der Waals surface area contributed by atoms with Gasteiger partial charge in [-0.3, -0.25) is 0 Å². The number of hydrogen-bond donors (Lipinski definition) is 0. The summed E-state index contributed by atoms with van der Waals surface area (Å²) in [5.74, 6) is 0.835. The van der Waals surface area contributed by atoms with E-state index in [1.165, 1.54) is 17.0 Å². The van der Waals surface area contributed by atoms with Gasteiger partial charge in [0.15, 0.2) is 0 Å². The van der Waals surface area contributed by atoms with Crippen molar-refractivity contribution >= 4 is 33.1 Å². The number of halogens is 1. The van der Waals surface area contributed by atoms with Crippen LogP contribution < -0.4 is 9.80 Å². The van der Waals surface area contributed by atoms with E-state index in [0.717, 1.165) is 47.9 Å². The molecule has 1 saturated heterocycles. The molecule has 0 N–H and O–H groups in total. The zero-order chi connectivity index (χ0) is 15.8. The average molecular weight is 328 g/mol. The van der Waals surface area contributed by atoms with Crippen LogP contribution in [0.3, 0.4) is 0 Å². The molecule has 0 saturated carbocycles. The number of aromatic nitrogens is 2. The molecule has 3 heterocycles. The Labute approximate surface area is 138 Å². The molecule has 0 bridgehead atoms. The van der Waals surface area contributed by atoms with Crippen LogP contribution in [0.1, 0.15) is 4.88 Å². The molecule has 0 unspecified atom stereocenters. The first-order valence-corrected chi connectivity index (χ1v) is 8.49. The van der Waals surface area contributed by atoms with Gasteiger partial charge in [-0.2, -0.15) is 0 Å². The number of anilines is 2. The molecule has 4 rings (SSSR count). The minimum Gasteiger partial charge on any atom is -0.368 e. The van der Waals surface area contributed by atoms with E-state index in [2.05, 4.69) is 32.8 Å². The summed E-state index contributed by atoms with van der Waals surface area (Å²) >= 11 is 1.71. The Morgan fingerprint density at radius 1 is 1.00 bits per heavy atom. The van der Waals surface area contributed by atoms with Crippen molar-refractivity contribution in [2.24, 2.45) is 0 Å². The molecular weight excluding hydrogens is 311 g/mol. The van der Waals surface area contributed by atoms with E-state index in [0.29, 0.717) is 0 Å². The Kier molecular flexibility index (Phi) is 3.61. The van der Waals surface area contributed by atoms with Gasteiger partial charge in [-0.25, -0.2) is 14.4 Å². The fraction of sp³-hybridized carbons (Fsp3) is 0.294. The van der Waals surface area contributed by atoms with Crippen LogP contribution in [0.5, 0.6) is 0 Å². The number of piperazine rings is 1. The Balaban J connectivity index is 1.53. The lowest BCUT2D eigenvalue weighted by molar-refractivity contribution is 0.624. The van der Waals surface area contributed by atoms with Gasteiger partial charge in [0.05, 0.1) is 5.39 Å². The molecule has 1 fully saturated rings. The van der Waals surface area contributed by atoms with E-state index in [4.69, 9.17) is 0 Å². The van der Waals surface area contributed by atoms with Gasteiger partial charge in [0.25, 0.3) is 0 Å². The first-order valence-electron chi connectivity index (χ1n) is 7.67. The summed E-state index contributed by atoms with van der Waals surface area (Å²) < 4.78 is 13.0. The lowest BCUT2D eigenvalue weighted by Gasteiger charge is -2.36. The minimum atomic E-state index is -0.191. The van der Waals surface area contributed by atoms with E-state index in [1.807, 2.05) is 12.1 Å². The molecule has 0 spiro atoms.